The zero-order valence-electron chi connectivity index (χ0n) is 11.4. The molecular formula is C11H15N5O5. The van der Waals surface area contributed by atoms with Crippen LogP contribution in [-0.4, -0.2) is 62.4 Å². The number of fused-ring (bicyclic) bond motifs is 1. The van der Waals surface area contributed by atoms with E-state index < -0.39 is 30.4 Å². The molecule has 0 aromatic carbocycles. The third-order valence-electron chi connectivity index (χ3n) is 3.12. The van der Waals surface area contributed by atoms with Crippen molar-refractivity contribution >= 4 is 18.0 Å². The van der Waals surface area contributed by atoms with Crippen LogP contribution >= 0.6 is 0 Å². The summed E-state index contributed by atoms with van der Waals surface area (Å²) in [7, 11) is 1.15. The van der Waals surface area contributed by atoms with Crippen LogP contribution in [-0.2, 0) is 27.4 Å². The predicted molar refractivity (Wildman–Crippen MR) is 67.0 cm³/mol. The number of carbonyl (C=O) groups is 3. The Morgan fingerprint density at radius 1 is 1.48 bits per heavy atom. The van der Waals surface area contributed by atoms with Gasteiger partial charge in [0.05, 0.1) is 20.1 Å². The Morgan fingerprint density at radius 3 is 2.90 bits per heavy atom. The summed E-state index contributed by atoms with van der Waals surface area (Å²) < 4.78 is 6.22. The number of hydrogen-bond donors (Lipinski definition) is 2. The molecule has 1 atom stereocenters. The van der Waals surface area contributed by atoms with Gasteiger partial charge in [-0.2, -0.15) is 0 Å². The number of carboxylic acids is 1. The molecule has 0 radical (unpaired) electrons. The lowest BCUT2D eigenvalue weighted by atomic mass is 10.2. The number of methoxy groups -OCH3 is 1. The number of aliphatic carboxylic acids is 1. The number of hydrogen-bond acceptors (Lipinski definition) is 6. The van der Waals surface area contributed by atoms with Gasteiger partial charge in [-0.05, 0) is 0 Å². The number of urea groups is 1. The maximum atomic E-state index is 12.1. The molecule has 0 unspecified atom stereocenters. The molecule has 10 heteroatoms. The number of carbonyl (C=O) groups excluding carboxylic acids is 2. The van der Waals surface area contributed by atoms with Crippen molar-refractivity contribution in [1.82, 2.24) is 25.0 Å². The highest BCUT2D eigenvalue weighted by atomic mass is 16.5. The first-order chi connectivity index (χ1) is 10.0. The second kappa shape index (κ2) is 6.20. The normalized spacial score (nSPS) is 15.0. The molecule has 1 aliphatic rings. The zero-order valence-corrected chi connectivity index (χ0v) is 11.4. The Labute approximate surface area is 119 Å². The summed E-state index contributed by atoms with van der Waals surface area (Å²) in [6, 6.07) is -1.90. The molecule has 1 aromatic rings. The van der Waals surface area contributed by atoms with Gasteiger partial charge in [-0.1, -0.05) is 0 Å². The maximum absolute atomic E-state index is 12.1. The highest BCUT2D eigenvalue weighted by Gasteiger charge is 2.28. The number of amides is 2. The van der Waals surface area contributed by atoms with Gasteiger partial charge in [0.25, 0.3) is 0 Å². The molecule has 0 saturated heterocycles. The van der Waals surface area contributed by atoms with Crippen LogP contribution in [0.2, 0.25) is 0 Å². The zero-order chi connectivity index (χ0) is 15.4. The van der Waals surface area contributed by atoms with E-state index in [2.05, 4.69) is 20.3 Å². The number of aromatic nitrogens is 3. The van der Waals surface area contributed by atoms with Crippen LogP contribution in [0.5, 0.6) is 0 Å². The molecule has 10 nitrogen and oxygen atoms in total. The molecule has 0 saturated carbocycles. The van der Waals surface area contributed by atoms with E-state index in [0.29, 0.717) is 18.9 Å². The highest BCUT2D eigenvalue weighted by molar-refractivity contribution is 5.86. The number of nitrogens with zero attached hydrogens (tertiary/aromatic N) is 4. The first-order valence-corrected chi connectivity index (χ1v) is 6.23. The Morgan fingerprint density at radius 2 is 2.24 bits per heavy atom. The van der Waals surface area contributed by atoms with Crippen molar-refractivity contribution in [2.24, 2.45) is 0 Å². The molecule has 2 heterocycles. The molecule has 2 amide bonds. The quantitative estimate of drug-likeness (QED) is 0.670. The van der Waals surface area contributed by atoms with Gasteiger partial charge in [0.15, 0.2) is 5.82 Å². The first kappa shape index (κ1) is 14.8. The average Bonchev–Trinajstić information content (AvgIpc) is 2.93. The van der Waals surface area contributed by atoms with E-state index in [-0.39, 0.29) is 6.54 Å². The van der Waals surface area contributed by atoms with Gasteiger partial charge >= 0.3 is 18.0 Å². The molecule has 21 heavy (non-hydrogen) atoms. The molecule has 114 valence electrons. The van der Waals surface area contributed by atoms with Crippen molar-refractivity contribution in [2.75, 3.05) is 13.7 Å². The Kier molecular flexibility index (Phi) is 4.36. The smallest absolute Gasteiger partial charge is 0.326 e. The second-order valence-electron chi connectivity index (χ2n) is 4.48. The standard InChI is InChI=1S/C11H15N5O5/c1-21-9(17)4-7(10(18)19)13-11(20)15-2-3-16-6-12-14-8(16)5-15/h6-7H,2-5H2,1H3,(H,13,20)(H,18,19)/t7-/m0/s1. The molecule has 0 fully saturated rings. The van der Waals surface area contributed by atoms with Crippen LogP contribution in [0.15, 0.2) is 6.33 Å². The number of esters is 1. The van der Waals surface area contributed by atoms with Crippen LogP contribution in [0.25, 0.3) is 0 Å². The second-order valence-corrected chi connectivity index (χ2v) is 4.48. The van der Waals surface area contributed by atoms with Gasteiger partial charge in [-0.25, -0.2) is 9.59 Å². The van der Waals surface area contributed by atoms with Crippen LogP contribution in [0.4, 0.5) is 4.79 Å². The topological polar surface area (TPSA) is 127 Å². The minimum atomic E-state index is -1.33. The van der Waals surface area contributed by atoms with Crippen LogP contribution in [0.1, 0.15) is 12.2 Å². The minimum Gasteiger partial charge on any atom is -0.480 e. The number of ether oxygens (including phenoxy) is 1. The van der Waals surface area contributed by atoms with Gasteiger partial charge in [0, 0.05) is 13.1 Å². The third kappa shape index (κ3) is 3.46. The van der Waals surface area contributed by atoms with E-state index in [9.17, 15) is 14.4 Å². The molecule has 2 N–H and O–H groups in total. The molecular weight excluding hydrogens is 282 g/mol. The SMILES string of the molecule is COC(=O)C[C@H](NC(=O)N1CCn2cnnc2C1)C(=O)O. The van der Waals surface area contributed by atoms with E-state index in [1.54, 1.807) is 6.33 Å². The van der Waals surface area contributed by atoms with Gasteiger partial charge < -0.3 is 24.6 Å². The average molecular weight is 297 g/mol. The largest absolute Gasteiger partial charge is 0.480 e. The van der Waals surface area contributed by atoms with E-state index in [1.807, 2.05) is 4.57 Å². The maximum Gasteiger partial charge on any atom is 0.326 e. The van der Waals surface area contributed by atoms with Gasteiger partial charge in [-0.3, -0.25) is 4.79 Å². The summed E-state index contributed by atoms with van der Waals surface area (Å²) in [5.41, 5.74) is 0. The fourth-order valence-electron chi connectivity index (χ4n) is 1.93. The number of carboxylic acid groups (broad SMARTS) is 1. The van der Waals surface area contributed by atoms with Crippen molar-refractivity contribution in [3.63, 3.8) is 0 Å². The van der Waals surface area contributed by atoms with Gasteiger partial charge in [-0.15, -0.1) is 10.2 Å². The Bertz CT molecular complexity index is 557. The molecule has 0 spiro atoms. The fourth-order valence-corrected chi connectivity index (χ4v) is 1.93. The lowest BCUT2D eigenvalue weighted by Gasteiger charge is -2.28. The fraction of sp³-hybridized carbons (Fsp3) is 0.545. The van der Waals surface area contributed by atoms with Gasteiger partial charge in [0.2, 0.25) is 0 Å². The summed E-state index contributed by atoms with van der Waals surface area (Å²) >= 11 is 0. The highest BCUT2D eigenvalue weighted by Crippen LogP contribution is 2.09. The summed E-state index contributed by atoms with van der Waals surface area (Å²) in [5, 5.41) is 18.9. The van der Waals surface area contributed by atoms with E-state index in [4.69, 9.17) is 5.11 Å². The Hall–Kier alpha value is -2.65. The van der Waals surface area contributed by atoms with Crippen molar-refractivity contribution in [3.8, 4) is 0 Å². The van der Waals surface area contributed by atoms with Crippen molar-refractivity contribution in [3.05, 3.63) is 12.2 Å². The molecule has 1 aromatic heterocycles. The molecule has 1 aliphatic heterocycles. The van der Waals surface area contributed by atoms with Crippen molar-refractivity contribution in [2.45, 2.75) is 25.6 Å². The van der Waals surface area contributed by atoms with Crippen molar-refractivity contribution < 1.29 is 24.2 Å². The third-order valence-corrected chi connectivity index (χ3v) is 3.12. The van der Waals surface area contributed by atoms with Crippen LogP contribution in [0.3, 0.4) is 0 Å². The lowest BCUT2D eigenvalue weighted by Crippen LogP contribution is -2.50. The van der Waals surface area contributed by atoms with Crippen molar-refractivity contribution in [1.29, 1.82) is 0 Å². The summed E-state index contributed by atoms with van der Waals surface area (Å²) in [5.74, 6) is -1.38. The Balaban J connectivity index is 1.96. The molecule has 0 bridgehead atoms. The van der Waals surface area contributed by atoms with Gasteiger partial charge in [0.1, 0.15) is 12.4 Å². The molecule has 0 aliphatic carbocycles. The van der Waals surface area contributed by atoms with E-state index >= 15 is 0 Å². The molecule has 2 rings (SSSR count). The van der Waals surface area contributed by atoms with E-state index in [0.717, 1.165) is 7.11 Å². The monoisotopic (exact) mass is 297 g/mol. The summed E-state index contributed by atoms with van der Waals surface area (Å²) in [6.45, 7) is 1.17. The number of nitrogens with one attached hydrogen (secondary N) is 1. The minimum absolute atomic E-state index is 0.233. The van der Waals surface area contributed by atoms with Crippen LogP contribution < -0.4 is 5.32 Å². The summed E-state index contributed by atoms with van der Waals surface area (Å²) in [6.07, 6.45) is 1.14. The van der Waals surface area contributed by atoms with E-state index in [1.165, 1.54) is 4.90 Å². The number of rotatable bonds is 4. The first-order valence-electron chi connectivity index (χ1n) is 6.23. The lowest BCUT2D eigenvalue weighted by molar-refractivity contribution is -0.147. The summed E-state index contributed by atoms with van der Waals surface area (Å²) in [4.78, 5) is 35.7. The predicted octanol–water partition coefficient (Wildman–Crippen LogP) is -1.18. The van der Waals surface area contributed by atoms with Crippen LogP contribution in [0, 0.1) is 0 Å².